The lowest BCUT2D eigenvalue weighted by Crippen LogP contribution is -2.27. The number of phenolic OH excluding ortho intramolecular Hbond substituents is 1. The molecule has 0 spiro atoms. The molecule has 1 atom stereocenters. The molecule has 3 aromatic carbocycles. The monoisotopic (exact) mass is 776 g/mol. The molecule has 9 N–H and O–H groups in total. The van der Waals surface area contributed by atoms with Crippen LogP contribution in [0.15, 0.2) is 89.9 Å². The molecule has 2 heterocycles. The van der Waals surface area contributed by atoms with Crippen LogP contribution in [0.4, 0.5) is 10.5 Å². The number of H-pyrrole nitrogens is 1. The van der Waals surface area contributed by atoms with Gasteiger partial charge < -0.3 is 42.0 Å². The van der Waals surface area contributed by atoms with Gasteiger partial charge in [0.2, 0.25) is 11.5 Å². The van der Waals surface area contributed by atoms with E-state index < -0.39 is 12.2 Å². The van der Waals surface area contributed by atoms with Crippen LogP contribution in [0, 0.1) is 0 Å². The predicted octanol–water partition coefficient (Wildman–Crippen LogP) is 6.37. The van der Waals surface area contributed by atoms with Crippen LogP contribution in [0.5, 0.6) is 11.5 Å². The van der Waals surface area contributed by atoms with Gasteiger partial charge in [0.05, 0.1) is 29.2 Å². The zero-order chi connectivity index (χ0) is 36.6. The molecule has 2 aromatic heterocycles. The summed E-state index contributed by atoms with van der Waals surface area (Å²) in [6.45, 7) is 0.582. The lowest BCUT2D eigenvalue weighted by atomic mass is 9.78. The molecule has 0 aliphatic heterocycles. The Bertz CT molecular complexity index is 2090. The van der Waals surface area contributed by atoms with E-state index in [4.69, 9.17) is 16.2 Å². The van der Waals surface area contributed by atoms with Gasteiger partial charge in [-0.3, -0.25) is 14.6 Å². The standard InChI is InChI=1S/C40H44N6O6.2ClH/c41-27-12-9-26(10-13-27)37-25(11-16-30(39(37)52-40(42)51)24-5-2-1-3-6-24)7-4-8-35(49)45-29-15-14-28(44-22-29)21-43-23-34(48)31-17-19-33(47)38-32(31)18-20-36(50)46-38;;/h1-3,5-6,11,14-20,22,26-27,34,43,47-48H,4,7-10,12-13,21,23,41H2,(H2,42,51)(H,45,49)(H,46,50);2*1H/t26-,27-,34-;;/m0../s1. The van der Waals surface area contributed by atoms with E-state index in [0.717, 1.165) is 47.9 Å². The number of benzene rings is 3. The molecule has 1 aliphatic carbocycles. The number of phenols is 1. The Hall–Kier alpha value is -4.98. The summed E-state index contributed by atoms with van der Waals surface area (Å²) in [5, 5.41) is 27.6. The van der Waals surface area contributed by atoms with Crippen molar-refractivity contribution in [1.29, 1.82) is 0 Å². The van der Waals surface area contributed by atoms with Gasteiger partial charge in [0.15, 0.2) is 0 Å². The molecule has 1 fully saturated rings. The minimum Gasteiger partial charge on any atom is -0.506 e. The number of ether oxygens (including phenoxy) is 1. The summed E-state index contributed by atoms with van der Waals surface area (Å²) in [7, 11) is 0. The minimum atomic E-state index is -0.895. The van der Waals surface area contributed by atoms with Crippen LogP contribution in [0.2, 0.25) is 0 Å². The first-order valence-corrected chi connectivity index (χ1v) is 17.6. The molecule has 0 bridgehead atoms. The number of amides is 2. The Morgan fingerprint density at radius 2 is 1.72 bits per heavy atom. The molecule has 12 nitrogen and oxygen atoms in total. The molecule has 54 heavy (non-hydrogen) atoms. The fourth-order valence-corrected chi connectivity index (χ4v) is 7.03. The Morgan fingerprint density at radius 1 is 0.963 bits per heavy atom. The molecule has 0 unspecified atom stereocenters. The number of aromatic amines is 1. The highest BCUT2D eigenvalue weighted by Gasteiger charge is 2.28. The third-order valence-corrected chi connectivity index (χ3v) is 9.62. The summed E-state index contributed by atoms with van der Waals surface area (Å²) < 4.78 is 5.73. The van der Waals surface area contributed by atoms with E-state index in [2.05, 4.69) is 26.7 Å². The summed E-state index contributed by atoms with van der Waals surface area (Å²) in [5.41, 5.74) is 17.3. The number of anilines is 1. The number of nitrogens with two attached hydrogens (primary N) is 2. The van der Waals surface area contributed by atoms with Crippen molar-refractivity contribution in [3.63, 3.8) is 0 Å². The maximum Gasteiger partial charge on any atom is 0.409 e. The van der Waals surface area contributed by atoms with Crippen LogP contribution in [0.25, 0.3) is 22.0 Å². The van der Waals surface area contributed by atoms with Crippen molar-refractivity contribution in [2.45, 2.75) is 69.6 Å². The van der Waals surface area contributed by atoms with Gasteiger partial charge in [-0.2, -0.15) is 0 Å². The van der Waals surface area contributed by atoms with E-state index in [-0.39, 0.29) is 72.5 Å². The highest BCUT2D eigenvalue weighted by Crippen LogP contribution is 2.44. The molecular weight excluding hydrogens is 731 g/mol. The number of primary amides is 1. The number of aliphatic hydroxyl groups is 1. The van der Waals surface area contributed by atoms with E-state index in [9.17, 15) is 24.6 Å². The molecule has 0 saturated heterocycles. The first kappa shape index (κ1) is 41.8. The number of hydrogen-bond donors (Lipinski definition) is 7. The van der Waals surface area contributed by atoms with Crippen LogP contribution in [0.3, 0.4) is 0 Å². The van der Waals surface area contributed by atoms with Crippen LogP contribution in [0.1, 0.15) is 72.9 Å². The Kier molecular flexibility index (Phi) is 15.0. The Morgan fingerprint density at radius 3 is 2.43 bits per heavy atom. The van der Waals surface area contributed by atoms with Gasteiger partial charge in [-0.1, -0.05) is 48.5 Å². The number of aryl methyl sites for hydroxylation is 1. The first-order valence-electron chi connectivity index (χ1n) is 17.6. The topological polar surface area (TPSA) is 206 Å². The lowest BCUT2D eigenvalue weighted by Gasteiger charge is -2.30. The van der Waals surface area contributed by atoms with Gasteiger partial charge in [0, 0.05) is 48.1 Å². The zero-order valence-electron chi connectivity index (χ0n) is 29.6. The number of nitrogens with one attached hydrogen (secondary N) is 3. The second-order valence-electron chi connectivity index (χ2n) is 13.3. The molecule has 14 heteroatoms. The fraction of sp³-hybridized carbons (Fsp3) is 0.300. The van der Waals surface area contributed by atoms with Crippen molar-refractivity contribution in [3.8, 4) is 22.6 Å². The highest BCUT2D eigenvalue weighted by atomic mass is 35.5. The van der Waals surface area contributed by atoms with Crippen molar-refractivity contribution in [2.75, 3.05) is 11.9 Å². The Balaban J connectivity index is 0.00000325. The van der Waals surface area contributed by atoms with Gasteiger partial charge in [0.25, 0.3) is 0 Å². The number of hydrogen-bond acceptors (Lipinski definition) is 9. The number of nitrogens with zero attached hydrogens (tertiary/aromatic N) is 1. The van der Waals surface area contributed by atoms with E-state index in [1.807, 2.05) is 36.4 Å². The second kappa shape index (κ2) is 19.4. The van der Waals surface area contributed by atoms with Crippen molar-refractivity contribution in [3.05, 3.63) is 118 Å². The van der Waals surface area contributed by atoms with Gasteiger partial charge in [-0.05, 0) is 85.4 Å². The summed E-state index contributed by atoms with van der Waals surface area (Å²) in [4.78, 5) is 43.8. The summed E-state index contributed by atoms with van der Waals surface area (Å²) in [6, 6.07) is 23.5. The van der Waals surface area contributed by atoms with Crippen LogP contribution >= 0.6 is 24.8 Å². The van der Waals surface area contributed by atoms with Gasteiger partial charge in [-0.15, -0.1) is 24.8 Å². The SMILES string of the molecule is Cl.Cl.NC(=O)Oc1c(-c2ccccc2)ccc(CCCC(=O)Nc2ccc(CNC[C@H](O)c3ccc(O)c4[nH]c(=O)ccc34)nc2)c1[C@H]1CC[C@H](N)CC1. The molecule has 1 aliphatic rings. The summed E-state index contributed by atoms with van der Waals surface area (Å²) >= 11 is 0. The molecule has 0 radical (unpaired) electrons. The first-order chi connectivity index (χ1) is 25.2. The van der Waals surface area contributed by atoms with Crippen molar-refractivity contribution < 1.29 is 24.5 Å². The third kappa shape index (κ3) is 10.4. The maximum absolute atomic E-state index is 13.0. The number of halogens is 2. The zero-order valence-corrected chi connectivity index (χ0v) is 31.3. The average Bonchev–Trinajstić information content (AvgIpc) is 3.13. The van der Waals surface area contributed by atoms with Crippen LogP contribution < -0.4 is 32.4 Å². The van der Waals surface area contributed by atoms with Gasteiger partial charge >= 0.3 is 6.09 Å². The molecule has 1 saturated carbocycles. The number of aromatic hydroxyl groups is 1. The van der Waals surface area contributed by atoms with E-state index in [0.29, 0.717) is 47.5 Å². The predicted molar refractivity (Wildman–Crippen MR) is 214 cm³/mol. The fourth-order valence-electron chi connectivity index (χ4n) is 7.03. The van der Waals surface area contributed by atoms with Gasteiger partial charge in [0.1, 0.15) is 11.5 Å². The number of rotatable bonds is 13. The number of carbonyl (C=O) groups is 2. The van der Waals surface area contributed by atoms with Crippen molar-refractivity contribution >= 4 is 53.4 Å². The number of carbonyl (C=O) groups excluding carboxylic acids is 2. The molecule has 286 valence electrons. The highest BCUT2D eigenvalue weighted by molar-refractivity contribution is 5.90. The van der Waals surface area contributed by atoms with E-state index >= 15 is 0 Å². The third-order valence-electron chi connectivity index (χ3n) is 9.62. The Labute approximate surface area is 325 Å². The number of fused-ring (bicyclic) bond motifs is 1. The lowest BCUT2D eigenvalue weighted by molar-refractivity contribution is -0.116. The normalized spacial score (nSPS) is 15.7. The van der Waals surface area contributed by atoms with E-state index in [1.165, 1.54) is 12.1 Å². The molecule has 2 amide bonds. The molecule has 5 aromatic rings. The average molecular weight is 778 g/mol. The summed E-state index contributed by atoms with van der Waals surface area (Å²) in [6.07, 6.45) is 4.82. The second-order valence-corrected chi connectivity index (χ2v) is 13.3. The minimum absolute atomic E-state index is 0. The van der Waals surface area contributed by atoms with Crippen LogP contribution in [-0.4, -0.2) is 44.8 Å². The van der Waals surface area contributed by atoms with Crippen LogP contribution in [-0.2, 0) is 17.8 Å². The molecule has 6 rings (SSSR count). The maximum atomic E-state index is 13.0. The van der Waals surface area contributed by atoms with E-state index in [1.54, 1.807) is 30.5 Å². The quantitative estimate of drug-likeness (QED) is 0.0709. The smallest absolute Gasteiger partial charge is 0.409 e. The summed E-state index contributed by atoms with van der Waals surface area (Å²) in [5.74, 6) is 0.437. The van der Waals surface area contributed by atoms with Crippen molar-refractivity contribution in [2.24, 2.45) is 11.5 Å². The number of aliphatic hydroxyl groups excluding tert-OH is 1. The molecular formula is C40H46Cl2N6O6. The largest absolute Gasteiger partial charge is 0.506 e. The van der Waals surface area contributed by atoms with Gasteiger partial charge in [-0.25, -0.2) is 4.79 Å². The number of pyridine rings is 2. The van der Waals surface area contributed by atoms with Crippen molar-refractivity contribution in [1.82, 2.24) is 15.3 Å². The number of aromatic nitrogens is 2.